The number of nitrogens with zero attached hydrogens (tertiary/aromatic N) is 1. The lowest BCUT2D eigenvalue weighted by Gasteiger charge is -2.07. The summed E-state index contributed by atoms with van der Waals surface area (Å²) in [5.41, 5.74) is 0. The van der Waals surface area contributed by atoms with Gasteiger partial charge >= 0.3 is 0 Å². The number of hydrogen-bond acceptors (Lipinski definition) is 2. The van der Waals surface area contributed by atoms with Gasteiger partial charge in [0.2, 0.25) is 5.88 Å². The van der Waals surface area contributed by atoms with Gasteiger partial charge < -0.3 is 4.74 Å². The molecule has 0 aliphatic carbocycles. The van der Waals surface area contributed by atoms with Crippen LogP contribution in [0.3, 0.4) is 0 Å². The SMILES string of the molecule is Clc1[c]c(Br)cc(Oc2ncc(Cl)cc2Cl)c1. The molecule has 6 heteroatoms. The fourth-order valence-corrected chi connectivity index (χ4v) is 2.31. The monoisotopic (exact) mass is 350 g/mol. The summed E-state index contributed by atoms with van der Waals surface area (Å²) in [5.74, 6) is 0.780. The standard InChI is InChI=1S/C11H4BrCl3NO/c12-6-1-7(13)3-9(2-6)17-11-10(15)4-8(14)5-16-11/h2-5H. The summed E-state index contributed by atoms with van der Waals surface area (Å²) in [5, 5.41) is 1.21. The number of pyridine rings is 1. The van der Waals surface area contributed by atoms with Crippen molar-refractivity contribution in [1.29, 1.82) is 0 Å². The third kappa shape index (κ3) is 3.49. The molecule has 87 valence electrons. The first kappa shape index (κ1) is 13.0. The van der Waals surface area contributed by atoms with Crippen LogP contribution in [0.1, 0.15) is 0 Å². The largest absolute Gasteiger partial charge is 0.437 e. The first-order valence-corrected chi connectivity index (χ1v) is 6.34. The fraction of sp³-hybridized carbons (Fsp3) is 0. The molecule has 2 aromatic rings. The van der Waals surface area contributed by atoms with Crippen LogP contribution in [-0.2, 0) is 0 Å². The molecule has 0 bridgehead atoms. The minimum Gasteiger partial charge on any atom is -0.437 e. The number of halogens is 4. The molecular weight excluding hydrogens is 348 g/mol. The molecular formula is C11H4BrCl3NO. The van der Waals surface area contributed by atoms with Crippen molar-refractivity contribution in [2.45, 2.75) is 0 Å². The second-order valence-corrected chi connectivity index (χ2v) is 5.16. The van der Waals surface area contributed by atoms with Crippen LogP contribution < -0.4 is 4.74 Å². The lowest BCUT2D eigenvalue weighted by atomic mass is 10.3. The van der Waals surface area contributed by atoms with E-state index in [1.165, 1.54) is 6.20 Å². The summed E-state index contributed by atoms with van der Waals surface area (Å²) in [6, 6.07) is 7.72. The predicted octanol–water partition coefficient (Wildman–Crippen LogP) is 5.40. The summed E-state index contributed by atoms with van der Waals surface area (Å²) in [4.78, 5) is 3.98. The lowest BCUT2D eigenvalue weighted by Crippen LogP contribution is -1.89. The van der Waals surface area contributed by atoms with Crippen LogP contribution in [0.15, 0.2) is 28.9 Å². The van der Waals surface area contributed by atoms with Crippen molar-refractivity contribution in [2.24, 2.45) is 0 Å². The van der Waals surface area contributed by atoms with Gasteiger partial charge in [0.1, 0.15) is 10.8 Å². The second kappa shape index (κ2) is 5.44. The Labute approximate surface area is 122 Å². The summed E-state index contributed by atoms with van der Waals surface area (Å²) >= 11 is 20.8. The van der Waals surface area contributed by atoms with Crippen molar-refractivity contribution in [1.82, 2.24) is 4.98 Å². The summed E-state index contributed by atoms with van der Waals surface area (Å²) in [6.45, 7) is 0. The molecule has 0 amide bonds. The molecule has 0 spiro atoms. The molecule has 0 unspecified atom stereocenters. The van der Waals surface area contributed by atoms with Crippen molar-refractivity contribution < 1.29 is 4.74 Å². The van der Waals surface area contributed by atoms with E-state index in [-0.39, 0.29) is 5.88 Å². The summed E-state index contributed by atoms with van der Waals surface area (Å²) in [6.07, 6.45) is 1.45. The topological polar surface area (TPSA) is 22.1 Å². The molecule has 2 nitrogen and oxygen atoms in total. The van der Waals surface area contributed by atoms with Crippen LogP contribution in [0.25, 0.3) is 0 Å². The zero-order valence-electron chi connectivity index (χ0n) is 8.18. The number of rotatable bonds is 2. The minimum absolute atomic E-state index is 0.269. The zero-order chi connectivity index (χ0) is 12.4. The first-order chi connectivity index (χ1) is 8.04. The van der Waals surface area contributed by atoms with E-state index >= 15 is 0 Å². The zero-order valence-corrected chi connectivity index (χ0v) is 12.0. The van der Waals surface area contributed by atoms with Gasteiger partial charge in [-0.25, -0.2) is 4.98 Å². The smallest absolute Gasteiger partial charge is 0.238 e. The number of aromatic nitrogens is 1. The Hall–Kier alpha value is -0.480. The van der Waals surface area contributed by atoms with Crippen LogP contribution >= 0.6 is 50.7 Å². The van der Waals surface area contributed by atoms with Crippen molar-refractivity contribution in [3.8, 4) is 11.6 Å². The Morgan fingerprint density at radius 3 is 2.59 bits per heavy atom. The molecule has 0 fully saturated rings. The van der Waals surface area contributed by atoms with Gasteiger partial charge in [0.15, 0.2) is 0 Å². The van der Waals surface area contributed by atoms with E-state index in [1.54, 1.807) is 18.2 Å². The highest BCUT2D eigenvalue weighted by molar-refractivity contribution is 9.10. The molecule has 0 saturated carbocycles. The van der Waals surface area contributed by atoms with Gasteiger partial charge in [-0.05, 0) is 28.1 Å². The van der Waals surface area contributed by atoms with Crippen molar-refractivity contribution in [3.63, 3.8) is 0 Å². The van der Waals surface area contributed by atoms with Gasteiger partial charge in [0, 0.05) is 22.8 Å². The van der Waals surface area contributed by atoms with E-state index in [1.807, 2.05) is 0 Å². The first-order valence-electron chi connectivity index (χ1n) is 4.42. The predicted molar refractivity (Wildman–Crippen MR) is 72.3 cm³/mol. The average molecular weight is 352 g/mol. The quantitative estimate of drug-likeness (QED) is 0.722. The normalized spacial score (nSPS) is 10.4. The maximum Gasteiger partial charge on any atom is 0.238 e. The maximum absolute atomic E-state index is 5.93. The molecule has 1 aromatic heterocycles. The Morgan fingerprint density at radius 1 is 1.18 bits per heavy atom. The third-order valence-electron chi connectivity index (χ3n) is 1.77. The van der Waals surface area contributed by atoms with Gasteiger partial charge in [-0.2, -0.15) is 0 Å². The molecule has 2 rings (SSSR count). The van der Waals surface area contributed by atoms with Crippen molar-refractivity contribution >= 4 is 50.7 Å². The second-order valence-electron chi connectivity index (χ2n) is 3.05. The molecule has 1 aromatic carbocycles. The van der Waals surface area contributed by atoms with Crippen molar-refractivity contribution in [2.75, 3.05) is 0 Å². The van der Waals surface area contributed by atoms with E-state index in [4.69, 9.17) is 39.5 Å². The maximum atomic E-state index is 5.93. The third-order valence-corrected chi connectivity index (χ3v) is 2.87. The van der Waals surface area contributed by atoms with Crippen LogP contribution in [0, 0.1) is 6.07 Å². The van der Waals surface area contributed by atoms with Gasteiger partial charge in [-0.1, -0.05) is 34.8 Å². The lowest BCUT2D eigenvalue weighted by molar-refractivity contribution is 0.463. The molecule has 1 radical (unpaired) electrons. The Balaban J connectivity index is 2.31. The number of benzene rings is 1. The van der Waals surface area contributed by atoms with Gasteiger partial charge in [0.05, 0.1) is 10.0 Å². The molecule has 0 atom stereocenters. The van der Waals surface area contributed by atoms with Crippen molar-refractivity contribution in [3.05, 3.63) is 50.0 Å². The van der Waals surface area contributed by atoms with Gasteiger partial charge in [-0.3, -0.25) is 0 Å². The number of hydrogen-bond donors (Lipinski definition) is 0. The molecule has 17 heavy (non-hydrogen) atoms. The average Bonchev–Trinajstić information content (AvgIpc) is 2.21. The van der Waals surface area contributed by atoms with E-state index in [0.29, 0.717) is 25.3 Å². The highest BCUT2D eigenvalue weighted by atomic mass is 79.9. The minimum atomic E-state index is 0.269. The highest BCUT2D eigenvalue weighted by Gasteiger charge is 2.07. The molecule has 0 aliphatic rings. The summed E-state index contributed by atoms with van der Waals surface area (Å²) in [7, 11) is 0. The van der Waals surface area contributed by atoms with Crippen LogP contribution in [0.4, 0.5) is 0 Å². The Kier molecular flexibility index (Phi) is 4.15. The van der Waals surface area contributed by atoms with Crippen LogP contribution in [0.2, 0.25) is 15.1 Å². The Morgan fingerprint density at radius 2 is 1.94 bits per heavy atom. The van der Waals surface area contributed by atoms with E-state index in [2.05, 4.69) is 27.0 Å². The highest BCUT2D eigenvalue weighted by Crippen LogP contribution is 2.31. The molecule has 0 N–H and O–H groups in total. The molecule has 0 saturated heterocycles. The van der Waals surface area contributed by atoms with E-state index < -0.39 is 0 Å². The van der Waals surface area contributed by atoms with Crippen LogP contribution in [-0.4, -0.2) is 4.98 Å². The molecule has 0 aliphatic heterocycles. The molecule has 1 heterocycles. The van der Waals surface area contributed by atoms with Gasteiger partial charge in [-0.15, -0.1) is 0 Å². The van der Waals surface area contributed by atoms with E-state index in [9.17, 15) is 0 Å². The van der Waals surface area contributed by atoms with E-state index in [0.717, 1.165) is 0 Å². The fourth-order valence-electron chi connectivity index (χ4n) is 1.13. The van der Waals surface area contributed by atoms with Gasteiger partial charge in [0.25, 0.3) is 0 Å². The van der Waals surface area contributed by atoms with Crippen LogP contribution in [0.5, 0.6) is 11.6 Å². The Bertz CT molecular complexity index is 542. The summed E-state index contributed by atoms with van der Waals surface area (Å²) < 4.78 is 6.17. The number of ether oxygens (including phenoxy) is 1.